The summed E-state index contributed by atoms with van der Waals surface area (Å²) in [6, 6.07) is 0. The van der Waals surface area contributed by atoms with Crippen molar-refractivity contribution in [2.75, 3.05) is 13.1 Å². The van der Waals surface area contributed by atoms with Gasteiger partial charge in [-0.2, -0.15) is 0 Å². The lowest BCUT2D eigenvalue weighted by Gasteiger charge is -2.20. The molecule has 1 N–H and O–H groups in total. The summed E-state index contributed by atoms with van der Waals surface area (Å²) in [5.41, 5.74) is 0. The molecule has 2 rings (SSSR count). The van der Waals surface area contributed by atoms with E-state index in [-0.39, 0.29) is 0 Å². The van der Waals surface area contributed by atoms with Gasteiger partial charge >= 0.3 is 0 Å². The molecule has 1 fully saturated rings. The van der Waals surface area contributed by atoms with Crippen LogP contribution < -0.4 is 5.32 Å². The number of hydrogen-bond acceptors (Lipinski definition) is 4. The van der Waals surface area contributed by atoms with Crippen molar-refractivity contribution < 1.29 is 0 Å². The lowest BCUT2D eigenvalue weighted by molar-refractivity contribution is 0.339. The minimum atomic E-state index is 0.951. The Balaban J connectivity index is 1.65. The van der Waals surface area contributed by atoms with E-state index < -0.39 is 0 Å². The maximum absolute atomic E-state index is 4.34. The molecule has 0 aliphatic heterocycles. The highest BCUT2D eigenvalue weighted by atomic mass is 32.1. The summed E-state index contributed by atoms with van der Waals surface area (Å²) < 4.78 is 0. The standard InChI is InChI=1S/C15H27N3S/c1-2-11-16-12-10-15-18-17-14(19-15)9-8-13-6-4-3-5-7-13/h13,16H,2-12H2,1H3. The van der Waals surface area contributed by atoms with E-state index >= 15 is 0 Å². The maximum atomic E-state index is 4.34. The van der Waals surface area contributed by atoms with Gasteiger partial charge in [0.1, 0.15) is 10.0 Å². The lowest BCUT2D eigenvalue weighted by Crippen LogP contribution is -2.17. The van der Waals surface area contributed by atoms with Crippen LogP contribution in [0.3, 0.4) is 0 Å². The molecular weight excluding hydrogens is 254 g/mol. The summed E-state index contributed by atoms with van der Waals surface area (Å²) in [6.45, 7) is 4.33. The zero-order chi connectivity index (χ0) is 13.3. The molecule has 0 aromatic carbocycles. The number of nitrogens with zero attached hydrogens (tertiary/aromatic N) is 2. The van der Waals surface area contributed by atoms with Crippen molar-refractivity contribution in [3.8, 4) is 0 Å². The van der Waals surface area contributed by atoms with Gasteiger partial charge in [-0.15, -0.1) is 21.5 Å². The Hall–Kier alpha value is -0.480. The molecule has 1 aliphatic carbocycles. The van der Waals surface area contributed by atoms with Crippen LogP contribution in [0.4, 0.5) is 0 Å². The molecule has 0 saturated heterocycles. The number of hydrogen-bond donors (Lipinski definition) is 1. The third-order valence-electron chi connectivity index (χ3n) is 3.94. The molecule has 0 radical (unpaired) electrons. The smallest absolute Gasteiger partial charge is 0.118 e. The highest BCUT2D eigenvalue weighted by Gasteiger charge is 2.14. The minimum Gasteiger partial charge on any atom is -0.316 e. The molecule has 1 saturated carbocycles. The summed E-state index contributed by atoms with van der Waals surface area (Å²) in [7, 11) is 0. The molecule has 4 heteroatoms. The van der Waals surface area contributed by atoms with E-state index in [4.69, 9.17) is 0 Å². The van der Waals surface area contributed by atoms with E-state index in [1.54, 1.807) is 0 Å². The quantitative estimate of drug-likeness (QED) is 0.740. The van der Waals surface area contributed by atoms with Crippen molar-refractivity contribution in [1.82, 2.24) is 15.5 Å². The minimum absolute atomic E-state index is 0.951. The van der Waals surface area contributed by atoms with Crippen LogP contribution in [0.15, 0.2) is 0 Å². The molecule has 0 unspecified atom stereocenters. The van der Waals surface area contributed by atoms with Crippen LogP contribution in [0.25, 0.3) is 0 Å². The molecule has 1 heterocycles. The maximum Gasteiger partial charge on any atom is 0.118 e. The highest BCUT2D eigenvalue weighted by molar-refractivity contribution is 7.11. The Bertz CT molecular complexity index is 345. The van der Waals surface area contributed by atoms with E-state index in [0.717, 1.165) is 31.8 Å². The van der Waals surface area contributed by atoms with Crippen LogP contribution in [0.5, 0.6) is 0 Å². The molecule has 0 bridgehead atoms. The Morgan fingerprint density at radius 1 is 1.05 bits per heavy atom. The number of aromatic nitrogens is 2. The fourth-order valence-corrected chi connectivity index (χ4v) is 3.65. The number of rotatable bonds is 8. The van der Waals surface area contributed by atoms with Crippen molar-refractivity contribution in [2.24, 2.45) is 5.92 Å². The van der Waals surface area contributed by atoms with Crippen LogP contribution in [-0.2, 0) is 12.8 Å². The second-order valence-corrected chi connectivity index (χ2v) is 6.78. The molecule has 0 amide bonds. The van der Waals surface area contributed by atoms with Crippen molar-refractivity contribution >= 4 is 11.3 Å². The molecule has 1 aromatic heterocycles. The zero-order valence-corrected chi connectivity index (χ0v) is 13.0. The molecule has 108 valence electrons. The normalized spacial score (nSPS) is 16.9. The number of aryl methyl sites for hydroxylation is 1. The Labute approximate surface area is 121 Å². The predicted octanol–water partition coefficient (Wildman–Crippen LogP) is 3.59. The second-order valence-electron chi connectivity index (χ2n) is 5.63. The van der Waals surface area contributed by atoms with Crippen LogP contribution in [0.2, 0.25) is 0 Å². The summed E-state index contributed by atoms with van der Waals surface area (Å²) in [5.74, 6) is 0.951. The molecule has 1 aromatic rings. The van der Waals surface area contributed by atoms with Crippen LogP contribution in [-0.4, -0.2) is 23.3 Å². The Kier molecular flexibility index (Phi) is 6.79. The van der Waals surface area contributed by atoms with E-state index in [9.17, 15) is 0 Å². The van der Waals surface area contributed by atoms with Crippen molar-refractivity contribution in [2.45, 2.75) is 64.7 Å². The molecule has 19 heavy (non-hydrogen) atoms. The first-order valence-electron chi connectivity index (χ1n) is 7.90. The van der Waals surface area contributed by atoms with E-state index in [1.165, 1.54) is 55.0 Å². The largest absolute Gasteiger partial charge is 0.316 e. The van der Waals surface area contributed by atoms with Crippen molar-refractivity contribution in [1.29, 1.82) is 0 Å². The van der Waals surface area contributed by atoms with E-state index in [2.05, 4.69) is 22.4 Å². The first kappa shape index (κ1) is 14.9. The monoisotopic (exact) mass is 281 g/mol. The lowest BCUT2D eigenvalue weighted by atomic mass is 9.86. The fourth-order valence-electron chi connectivity index (χ4n) is 2.79. The van der Waals surface area contributed by atoms with Gasteiger partial charge in [0.25, 0.3) is 0 Å². The van der Waals surface area contributed by atoms with Crippen LogP contribution >= 0.6 is 11.3 Å². The van der Waals surface area contributed by atoms with Gasteiger partial charge in [0, 0.05) is 19.4 Å². The molecule has 1 aliphatic rings. The third kappa shape index (κ3) is 5.57. The Morgan fingerprint density at radius 2 is 1.79 bits per heavy atom. The summed E-state index contributed by atoms with van der Waals surface area (Å²) in [4.78, 5) is 0. The van der Waals surface area contributed by atoms with Crippen molar-refractivity contribution in [3.05, 3.63) is 10.0 Å². The summed E-state index contributed by atoms with van der Waals surface area (Å²) in [6.07, 6.45) is 11.9. The average Bonchev–Trinajstić information content (AvgIpc) is 2.91. The number of nitrogens with one attached hydrogen (secondary N) is 1. The van der Waals surface area contributed by atoms with Gasteiger partial charge in [0.15, 0.2) is 0 Å². The van der Waals surface area contributed by atoms with E-state index in [0.29, 0.717) is 0 Å². The molecule has 3 nitrogen and oxygen atoms in total. The fraction of sp³-hybridized carbons (Fsp3) is 0.867. The molecule has 0 spiro atoms. The van der Waals surface area contributed by atoms with Gasteiger partial charge in [-0.1, -0.05) is 39.0 Å². The SMILES string of the molecule is CCCNCCc1nnc(CCC2CCCCC2)s1. The van der Waals surface area contributed by atoms with Gasteiger partial charge in [0.05, 0.1) is 0 Å². The van der Waals surface area contributed by atoms with Gasteiger partial charge < -0.3 is 5.32 Å². The zero-order valence-electron chi connectivity index (χ0n) is 12.2. The van der Waals surface area contributed by atoms with Gasteiger partial charge in [-0.25, -0.2) is 0 Å². The first-order chi connectivity index (χ1) is 9.38. The van der Waals surface area contributed by atoms with Crippen LogP contribution in [0.1, 0.15) is 61.9 Å². The molecular formula is C15H27N3S. The average molecular weight is 281 g/mol. The highest BCUT2D eigenvalue weighted by Crippen LogP contribution is 2.27. The predicted molar refractivity (Wildman–Crippen MR) is 81.7 cm³/mol. The van der Waals surface area contributed by atoms with Gasteiger partial charge in [-0.3, -0.25) is 0 Å². The molecule has 0 atom stereocenters. The van der Waals surface area contributed by atoms with Crippen molar-refractivity contribution in [3.63, 3.8) is 0 Å². The Morgan fingerprint density at radius 3 is 2.53 bits per heavy atom. The van der Waals surface area contributed by atoms with Gasteiger partial charge in [-0.05, 0) is 25.3 Å². The summed E-state index contributed by atoms with van der Waals surface area (Å²) >= 11 is 1.82. The topological polar surface area (TPSA) is 37.8 Å². The van der Waals surface area contributed by atoms with Crippen LogP contribution in [0, 0.1) is 5.92 Å². The first-order valence-corrected chi connectivity index (χ1v) is 8.72. The third-order valence-corrected chi connectivity index (χ3v) is 4.99. The summed E-state index contributed by atoms with van der Waals surface area (Å²) in [5, 5.41) is 14.5. The second kappa shape index (κ2) is 8.64. The van der Waals surface area contributed by atoms with Gasteiger partial charge in [0.2, 0.25) is 0 Å². The van der Waals surface area contributed by atoms with E-state index in [1.807, 2.05) is 11.3 Å².